The molecule has 1 amide bonds. The fourth-order valence-corrected chi connectivity index (χ4v) is 2.75. The zero-order valence-electron chi connectivity index (χ0n) is 12.7. The van der Waals surface area contributed by atoms with Crippen LogP contribution in [0.15, 0.2) is 24.3 Å². The third-order valence-electron chi connectivity index (χ3n) is 4.00. The van der Waals surface area contributed by atoms with Crippen molar-refractivity contribution >= 4 is 11.9 Å². The molecule has 2 unspecified atom stereocenters. The summed E-state index contributed by atoms with van der Waals surface area (Å²) in [6.07, 6.45) is 0.282. The van der Waals surface area contributed by atoms with Gasteiger partial charge in [-0.05, 0) is 12.0 Å². The number of carbonyl (C=O) groups is 2. The molecule has 2 rings (SSSR count). The third kappa shape index (κ3) is 3.35. The minimum absolute atomic E-state index is 0.0118. The van der Waals surface area contributed by atoms with E-state index in [1.54, 1.807) is 12.0 Å². The molecule has 2 atom stereocenters. The first-order valence-corrected chi connectivity index (χ1v) is 7.04. The fourth-order valence-electron chi connectivity index (χ4n) is 2.75. The highest BCUT2D eigenvalue weighted by Crippen LogP contribution is 2.26. The smallest absolute Gasteiger partial charge is 0.310 e. The molecule has 0 radical (unpaired) electrons. The lowest BCUT2D eigenvalue weighted by Gasteiger charge is -2.17. The van der Waals surface area contributed by atoms with E-state index < -0.39 is 0 Å². The van der Waals surface area contributed by atoms with E-state index in [1.165, 1.54) is 7.11 Å². The van der Waals surface area contributed by atoms with E-state index in [0.717, 1.165) is 5.56 Å². The first-order valence-electron chi connectivity index (χ1n) is 7.04. The van der Waals surface area contributed by atoms with E-state index in [4.69, 9.17) is 9.47 Å². The number of nitrogens with zero attached hydrogens (tertiary/aromatic N) is 1. The van der Waals surface area contributed by atoms with E-state index in [0.29, 0.717) is 18.8 Å². The van der Waals surface area contributed by atoms with Gasteiger partial charge in [-0.1, -0.05) is 25.1 Å². The van der Waals surface area contributed by atoms with Crippen LogP contribution in [0, 0.1) is 11.8 Å². The normalized spacial score (nSPS) is 21.2. The Morgan fingerprint density at radius 2 is 1.95 bits per heavy atom. The number of methoxy groups -OCH3 is 2. The maximum absolute atomic E-state index is 12.4. The van der Waals surface area contributed by atoms with Crippen LogP contribution in [-0.2, 0) is 20.7 Å². The molecule has 0 aromatic heterocycles. The molecule has 1 aliphatic rings. The Morgan fingerprint density at radius 3 is 2.62 bits per heavy atom. The van der Waals surface area contributed by atoms with Crippen LogP contribution in [0.3, 0.4) is 0 Å². The van der Waals surface area contributed by atoms with Gasteiger partial charge in [-0.2, -0.15) is 0 Å². The average molecular weight is 291 g/mol. The molecule has 0 saturated carbocycles. The van der Waals surface area contributed by atoms with Crippen molar-refractivity contribution in [2.75, 3.05) is 27.3 Å². The molecule has 5 heteroatoms. The zero-order chi connectivity index (χ0) is 15.4. The van der Waals surface area contributed by atoms with Crippen LogP contribution >= 0.6 is 0 Å². The number of para-hydroxylation sites is 1. The molecule has 1 saturated heterocycles. The molecule has 0 spiro atoms. The van der Waals surface area contributed by atoms with Crippen LogP contribution in [0.2, 0.25) is 0 Å². The number of rotatable bonds is 4. The second kappa shape index (κ2) is 6.61. The first-order chi connectivity index (χ1) is 10.1. The summed E-state index contributed by atoms with van der Waals surface area (Å²) in [4.78, 5) is 25.8. The van der Waals surface area contributed by atoms with Gasteiger partial charge in [0.05, 0.1) is 26.6 Å². The van der Waals surface area contributed by atoms with E-state index >= 15 is 0 Å². The molecule has 1 heterocycles. The molecule has 5 nitrogen and oxygen atoms in total. The number of hydrogen-bond acceptors (Lipinski definition) is 4. The minimum atomic E-state index is -0.241. The molecule has 1 aromatic rings. The van der Waals surface area contributed by atoms with Gasteiger partial charge in [-0.15, -0.1) is 0 Å². The number of carbonyl (C=O) groups excluding carboxylic acids is 2. The van der Waals surface area contributed by atoms with Gasteiger partial charge in [0.2, 0.25) is 5.91 Å². The summed E-state index contributed by atoms with van der Waals surface area (Å²) < 4.78 is 10.1. The highest BCUT2D eigenvalue weighted by molar-refractivity contribution is 5.81. The van der Waals surface area contributed by atoms with Crippen molar-refractivity contribution in [3.63, 3.8) is 0 Å². The monoisotopic (exact) mass is 291 g/mol. The second-order valence-corrected chi connectivity index (χ2v) is 5.39. The van der Waals surface area contributed by atoms with Crippen LogP contribution in [-0.4, -0.2) is 44.1 Å². The van der Waals surface area contributed by atoms with E-state index in [-0.39, 0.29) is 30.1 Å². The summed E-state index contributed by atoms with van der Waals surface area (Å²) in [6.45, 7) is 2.99. The minimum Gasteiger partial charge on any atom is -0.496 e. The summed E-state index contributed by atoms with van der Waals surface area (Å²) in [6, 6.07) is 7.48. The van der Waals surface area contributed by atoms with Crippen LogP contribution < -0.4 is 4.74 Å². The summed E-state index contributed by atoms with van der Waals surface area (Å²) in [5, 5.41) is 0. The molecule has 0 N–H and O–H groups in total. The molecular formula is C16H21NO4. The van der Waals surface area contributed by atoms with Crippen molar-refractivity contribution in [3.8, 4) is 5.75 Å². The Kier molecular flexibility index (Phi) is 4.83. The molecule has 1 fully saturated rings. The van der Waals surface area contributed by atoms with Crippen LogP contribution in [0.1, 0.15) is 12.5 Å². The highest BCUT2D eigenvalue weighted by Gasteiger charge is 2.37. The van der Waals surface area contributed by atoms with E-state index in [1.807, 2.05) is 31.2 Å². The molecule has 114 valence electrons. The van der Waals surface area contributed by atoms with Crippen molar-refractivity contribution in [1.82, 2.24) is 4.90 Å². The van der Waals surface area contributed by atoms with E-state index in [9.17, 15) is 9.59 Å². The fraction of sp³-hybridized carbons (Fsp3) is 0.500. The predicted molar refractivity (Wildman–Crippen MR) is 77.9 cm³/mol. The topological polar surface area (TPSA) is 55.8 Å². The van der Waals surface area contributed by atoms with Gasteiger partial charge < -0.3 is 14.4 Å². The van der Waals surface area contributed by atoms with Crippen molar-refractivity contribution in [3.05, 3.63) is 29.8 Å². The van der Waals surface area contributed by atoms with Crippen LogP contribution in [0.5, 0.6) is 5.75 Å². The zero-order valence-corrected chi connectivity index (χ0v) is 12.7. The number of hydrogen-bond donors (Lipinski definition) is 0. The Bertz CT molecular complexity index is 529. The predicted octanol–water partition coefficient (Wildman–Crippen LogP) is 1.51. The Balaban J connectivity index is 2.03. The standard InChI is InChI=1S/C16H21NO4/c1-11-9-17(10-13(11)16(19)21-3)15(18)8-12-6-4-5-7-14(12)20-2/h4-7,11,13H,8-10H2,1-3H3. The molecule has 21 heavy (non-hydrogen) atoms. The van der Waals surface area contributed by atoms with E-state index in [2.05, 4.69) is 0 Å². The van der Waals surface area contributed by atoms with Crippen molar-refractivity contribution < 1.29 is 19.1 Å². The average Bonchev–Trinajstić information content (AvgIpc) is 2.89. The second-order valence-electron chi connectivity index (χ2n) is 5.39. The summed E-state index contributed by atoms with van der Waals surface area (Å²) in [7, 11) is 2.98. The van der Waals surface area contributed by atoms with Crippen LogP contribution in [0.25, 0.3) is 0 Å². The lowest BCUT2D eigenvalue weighted by atomic mass is 9.99. The van der Waals surface area contributed by atoms with Gasteiger partial charge in [0.25, 0.3) is 0 Å². The highest BCUT2D eigenvalue weighted by atomic mass is 16.5. The molecule has 0 bridgehead atoms. The van der Waals surface area contributed by atoms with Gasteiger partial charge in [0.15, 0.2) is 0 Å². The Morgan fingerprint density at radius 1 is 1.24 bits per heavy atom. The Hall–Kier alpha value is -2.04. The number of esters is 1. The van der Waals surface area contributed by atoms with Crippen molar-refractivity contribution in [2.45, 2.75) is 13.3 Å². The van der Waals surface area contributed by atoms with Crippen molar-refractivity contribution in [2.24, 2.45) is 11.8 Å². The number of benzene rings is 1. The van der Waals surface area contributed by atoms with Gasteiger partial charge >= 0.3 is 5.97 Å². The van der Waals surface area contributed by atoms with Gasteiger partial charge in [-0.3, -0.25) is 9.59 Å². The maximum atomic E-state index is 12.4. The van der Waals surface area contributed by atoms with Crippen LogP contribution in [0.4, 0.5) is 0 Å². The Labute approximate surface area is 124 Å². The van der Waals surface area contributed by atoms with Gasteiger partial charge in [0.1, 0.15) is 5.75 Å². The third-order valence-corrected chi connectivity index (χ3v) is 4.00. The number of amides is 1. The summed E-state index contributed by atoms with van der Waals surface area (Å²) in [5.74, 6) is 0.381. The lowest BCUT2D eigenvalue weighted by molar-refractivity contribution is -0.146. The number of likely N-dealkylation sites (tertiary alicyclic amines) is 1. The largest absolute Gasteiger partial charge is 0.496 e. The first kappa shape index (κ1) is 15.4. The SMILES string of the molecule is COC(=O)C1CN(C(=O)Cc2ccccc2OC)CC1C. The van der Waals surface area contributed by atoms with Crippen molar-refractivity contribution in [1.29, 1.82) is 0 Å². The summed E-state index contributed by atoms with van der Waals surface area (Å²) in [5.41, 5.74) is 0.860. The quantitative estimate of drug-likeness (QED) is 0.789. The number of ether oxygens (including phenoxy) is 2. The molecular weight excluding hydrogens is 270 g/mol. The summed E-state index contributed by atoms with van der Waals surface area (Å²) >= 11 is 0. The maximum Gasteiger partial charge on any atom is 0.310 e. The molecule has 0 aliphatic carbocycles. The van der Waals surface area contributed by atoms with Gasteiger partial charge in [0, 0.05) is 18.7 Å². The molecule has 1 aliphatic heterocycles. The molecule has 1 aromatic carbocycles. The lowest BCUT2D eigenvalue weighted by Crippen LogP contribution is -2.31. The van der Waals surface area contributed by atoms with Gasteiger partial charge in [-0.25, -0.2) is 0 Å².